The third-order valence-corrected chi connectivity index (χ3v) is 2.74. The molecular formula is C12H13N3O3. The topological polar surface area (TPSA) is 75.5 Å². The molecule has 1 aromatic carbocycles. The first-order valence-electron chi connectivity index (χ1n) is 5.45. The molecule has 1 aliphatic rings. The van der Waals surface area contributed by atoms with Crippen LogP contribution in [-0.4, -0.2) is 22.4 Å². The highest BCUT2D eigenvalue weighted by Crippen LogP contribution is 2.32. The lowest BCUT2D eigenvalue weighted by molar-refractivity contribution is -0.385. The maximum Gasteiger partial charge on any atom is 0.277 e. The van der Waals surface area contributed by atoms with Crippen LogP contribution in [0.4, 0.5) is 5.69 Å². The van der Waals surface area contributed by atoms with Crippen molar-refractivity contribution in [2.75, 3.05) is 6.54 Å². The van der Waals surface area contributed by atoms with Crippen LogP contribution in [0.15, 0.2) is 24.8 Å². The molecule has 0 aliphatic carbocycles. The molecule has 1 aromatic rings. The Balaban J connectivity index is 2.38. The van der Waals surface area contributed by atoms with Crippen LogP contribution in [0.1, 0.15) is 18.1 Å². The van der Waals surface area contributed by atoms with E-state index in [1.165, 1.54) is 13.0 Å². The molecule has 0 spiro atoms. The molecule has 0 radical (unpaired) electrons. The second kappa shape index (κ2) is 4.58. The second-order valence-electron chi connectivity index (χ2n) is 4.20. The van der Waals surface area contributed by atoms with E-state index >= 15 is 0 Å². The second-order valence-corrected chi connectivity index (χ2v) is 4.20. The van der Waals surface area contributed by atoms with E-state index in [-0.39, 0.29) is 11.6 Å². The molecule has 0 unspecified atom stereocenters. The lowest BCUT2D eigenvalue weighted by Gasteiger charge is -2.29. The number of hydrazine groups is 1. The Bertz CT molecular complexity index is 539. The summed E-state index contributed by atoms with van der Waals surface area (Å²) in [5.74, 6) is -0.170. The molecule has 18 heavy (non-hydrogen) atoms. The van der Waals surface area contributed by atoms with Gasteiger partial charge in [0.1, 0.15) is 0 Å². The van der Waals surface area contributed by atoms with Crippen LogP contribution >= 0.6 is 0 Å². The van der Waals surface area contributed by atoms with Gasteiger partial charge in [-0.3, -0.25) is 20.3 Å². The van der Waals surface area contributed by atoms with Gasteiger partial charge >= 0.3 is 0 Å². The van der Waals surface area contributed by atoms with Gasteiger partial charge in [0.2, 0.25) is 5.91 Å². The summed E-state index contributed by atoms with van der Waals surface area (Å²) in [7, 11) is 0. The largest absolute Gasteiger partial charge is 0.289 e. The van der Waals surface area contributed by atoms with Crippen LogP contribution in [-0.2, 0) is 11.3 Å². The van der Waals surface area contributed by atoms with Gasteiger partial charge < -0.3 is 0 Å². The average molecular weight is 247 g/mol. The monoisotopic (exact) mass is 247 g/mol. The molecule has 1 aliphatic heterocycles. The number of benzene rings is 1. The number of carbonyl (C=O) groups excluding carboxylic acids is 1. The molecule has 0 aromatic heterocycles. The van der Waals surface area contributed by atoms with Crippen LogP contribution in [0.5, 0.6) is 0 Å². The van der Waals surface area contributed by atoms with Gasteiger partial charge in [-0.05, 0) is 11.1 Å². The number of nitrogens with zero attached hydrogens (tertiary/aromatic N) is 2. The molecule has 6 nitrogen and oxygen atoms in total. The van der Waals surface area contributed by atoms with E-state index in [9.17, 15) is 14.9 Å². The molecule has 1 N–H and O–H groups in total. The Morgan fingerprint density at radius 2 is 2.22 bits per heavy atom. The standard InChI is InChI=1S/C12H13N3O3/c1-8-6-14(13-9(2)16)7-10-4-3-5-11(12(8)10)15(17)18/h3-5H,1,6-7H2,2H3,(H,13,16). The minimum Gasteiger partial charge on any atom is -0.289 e. The normalized spacial score (nSPS) is 15.1. The van der Waals surface area contributed by atoms with E-state index < -0.39 is 4.92 Å². The number of nitro groups is 1. The maximum atomic E-state index is 11.0. The fraction of sp³-hybridized carbons (Fsp3) is 0.250. The van der Waals surface area contributed by atoms with Gasteiger partial charge in [0, 0.05) is 26.1 Å². The number of carbonyl (C=O) groups is 1. The van der Waals surface area contributed by atoms with Crippen molar-refractivity contribution in [3.05, 3.63) is 46.0 Å². The number of amides is 1. The van der Waals surface area contributed by atoms with Gasteiger partial charge in [0.25, 0.3) is 5.69 Å². The lowest BCUT2D eigenvalue weighted by atomic mass is 9.95. The number of hydrogen-bond donors (Lipinski definition) is 1. The Hall–Kier alpha value is -2.21. The third-order valence-electron chi connectivity index (χ3n) is 2.74. The summed E-state index contributed by atoms with van der Waals surface area (Å²) >= 11 is 0. The number of fused-ring (bicyclic) bond motifs is 1. The van der Waals surface area contributed by atoms with Crippen molar-refractivity contribution in [2.24, 2.45) is 0 Å². The summed E-state index contributed by atoms with van der Waals surface area (Å²) in [6, 6.07) is 4.92. The molecule has 0 saturated heterocycles. The minimum absolute atomic E-state index is 0.0694. The Morgan fingerprint density at radius 1 is 1.50 bits per heavy atom. The number of nitrogens with one attached hydrogen (secondary N) is 1. The van der Waals surface area contributed by atoms with Gasteiger partial charge in [0.05, 0.1) is 10.5 Å². The summed E-state index contributed by atoms with van der Waals surface area (Å²) in [5, 5.41) is 12.7. The Kier molecular flexibility index (Phi) is 3.12. The van der Waals surface area contributed by atoms with Gasteiger partial charge in [-0.15, -0.1) is 0 Å². The Labute approximate surface area is 104 Å². The van der Waals surface area contributed by atoms with Crippen molar-refractivity contribution in [1.29, 1.82) is 0 Å². The van der Waals surface area contributed by atoms with Gasteiger partial charge in [-0.1, -0.05) is 18.7 Å². The zero-order valence-electron chi connectivity index (χ0n) is 9.97. The smallest absolute Gasteiger partial charge is 0.277 e. The highest BCUT2D eigenvalue weighted by Gasteiger charge is 2.26. The highest BCUT2D eigenvalue weighted by atomic mass is 16.6. The molecule has 0 atom stereocenters. The predicted molar refractivity (Wildman–Crippen MR) is 66.4 cm³/mol. The van der Waals surface area contributed by atoms with Crippen LogP contribution < -0.4 is 5.43 Å². The van der Waals surface area contributed by atoms with E-state index in [1.54, 1.807) is 11.1 Å². The van der Waals surface area contributed by atoms with Gasteiger partial charge in [-0.2, -0.15) is 0 Å². The zero-order valence-corrected chi connectivity index (χ0v) is 9.97. The van der Waals surface area contributed by atoms with Crippen molar-refractivity contribution in [1.82, 2.24) is 10.4 Å². The lowest BCUT2D eigenvalue weighted by Crippen LogP contribution is -2.43. The maximum absolute atomic E-state index is 11.0. The summed E-state index contributed by atoms with van der Waals surface area (Å²) in [4.78, 5) is 21.6. The molecule has 94 valence electrons. The predicted octanol–water partition coefficient (Wildman–Crippen LogP) is 1.47. The van der Waals surface area contributed by atoms with Crippen molar-refractivity contribution >= 4 is 17.2 Å². The molecule has 1 heterocycles. The van der Waals surface area contributed by atoms with E-state index in [4.69, 9.17) is 0 Å². The summed E-state index contributed by atoms with van der Waals surface area (Å²) < 4.78 is 0. The number of rotatable bonds is 2. The molecule has 6 heteroatoms. The highest BCUT2D eigenvalue weighted by molar-refractivity contribution is 5.77. The molecule has 2 rings (SSSR count). The molecular weight excluding hydrogens is 234 g/mol. The number of hydrogen-bond acceptors (Lipinski definition) is 4. The summed E-state index contributed by atoms with van der Waals surface area (Å²) in [6.07, 6.45) is 0. The molecule has 1 amide bonds. The zero-order chi connectivity index (χ0) is 13.3. The van der Waals surface area contributed by atoms with E-state index in [2.05, 4.69) is 12.0 Å². The first-order valence-corrected chi connectivity index (χ1v) is 5.45. The molecule has 0 bridgehead atoms. The third kappa shape index (κ3) is 2.23. The summed E-state index contributed by atoms with van der Waals surface area (Å²) in [6.45, 7) is 6.11. The Morgan fingerprint density at radius 3 is 2.83 bits per heavy atom. The molecule has 0 saturated carbocycles. The SMILES string of the molecule is C=C1CN(NC(C)=O)Cc2cccc([N+](=O)[O-])c21. The van der Waals surface area contributed by atoms with Crippen molar-refractivity contribution < 1.29 is 9.72 Å². The van der Waals surface area contributed by atoms with E-state index in [0.29, 0.717) is 24.2 Å². The molecule has 0 fully saturated rings. The van der Waals surface area contributed by atoms with Crippen molar-refractivity contribution in [3.63, 3.8) is 0 Å². The van der Waals surface area contributed by atoms with Crippen LogP contribution in [0.25, 0.3) is 5.57 Å². The van der Waals surface area contributed by atoms with Gasteiger partial charge in [-0.25, -0.2) is 5.01 Å². The van der Waals surface area contributed by atoms with E-state index in [0.717, 1.165) is 5.56 Å². The first kappa shape index (κ1) is 12.3. The van der Waals surface area contributed by atoms with Crippen molar-refractivity contribution in [2.45, 2.75) is 13.5 Å². The first-order chi connectivity index (χ1) is 8.49. The van der Waals surface area contributed by atoms with Crippen LogP contribution in [0.3, 0.4) is 0 Å². The fourth-order valence-electron chi connectivity index (χ4n) is 2.15. The fourth-order valence-corrected chi connectivity index (χ4v) is 2.15. The minimum atomic E-state index is -0.405. The van der Waals surface area contributed by atoms with Gasteiger partial charge in [0.15, 0.2) is 0 Å². The van der Waals surface area contributed by atoms with Crippen molar-refractivity contribution in [3.8, 4) is 0 Å². The van der Waals surface area contributed by atoms with Crippen LogP contribution in [0.2, 0.25) is 0 Å². The quantitative estimate of drug-likeness (QED) is 0.634. The van der Waals surface area contributed by atoms with E-state index in [1.807, 2.05) is 6.07 Å². The summed E-state index contributed by atoms with van der Waals surface area (Å²) in [5.41, 5.74) is 4.76. The number of nitro benzene ring substituents is 1. The average Bonchev–Trinajstić information content (AvgIpc) is 2.26. The van der Waals surface area contributed by atoms with Crippen LogP contribution in [0, 0.1) is 10.1 Å².